The molecule has 0 unspecified atom stereocenters. The second-order valence-electron chi connectivity index (χ2n) is 6.60. The lowest BCUT2D eigenvalue weighted by Crippen LogP contribution is -2.23. The van der Waals surface area contributed by atoms with Crippen LogP contribution in [0.4, 0.5) is 17.1 Å². The van der Waals surface area contributed by atoms with E-state index in [4.69, 9.17) is 10.5 Å². The second-order valence-corrected chi connectivity index (χ2v) is 6.60. The van der Waals surface area contributed by atoms with Crippen molar-refractivity contribution in [3.05, 3.63) is 87.3 Å². The van der Waals surface area contributed by atoms with Crippen molar-refractivity contribution in [1.82, 2.24) is 4.98 Å². The lowest BCUT2D eigenvalue weighted by molar-refractivity contribution is 0.0601. The number of hydrogen-bond acceptors (Lipinski definition) is 9. The SMILES string of the molecule is COC(=O)c1ccccc1N=Nc1c(C(C#N)C#N)[nH]c(=O)c(C(=O)c2ccccc2)c1N. The first-order chi connectivity index (χ1) is 15.9. The molecule has 1 aromatic heterocycles. The van der Waals surface area contributed by atoms with E-state index in [0.717, 1.165) is 0 Å². The number of azo groups is 1. The molecule has 0 saturated heterocycles. The Bertz CT molecular complexity index is 1380. The molecule has 1 heterocycles. The van der Waals surface area contributed by atoms with Crippen LogP contribution in [-0.4, -0.2) is 23.8 Å². The quantitative estimate of drug-likeness (QED) is 0.335. The predicted molar refractivity (Wildman–Crippen MR) is 117 cm³/mol. The van der Waals surface area contributed by atoms with E-state index in [1.165, 1.54) is 31.4 Å². The number of ketones is 1. The van der Waals surface area contributed by atoms with Gasteiger partial charge in [-0.1, -0.05) is 42.5 Å². The lowest BCUT2D eigenvalue weighted by atomic mass is 9.99. The summed E-state index contributed by atoms with van der Waals surface area (Å²) >= 11 is 0. The fourth-order valence-electron chi connectivity index (χ4n) is 3.01. The van der Waals surface area contributed by atoms with Gasteiger partial charge < -0.3 is 15.5 Å². The number of esters is 1. The van der Waals surface area contributed by atoms with Crippen LogP contribution in [0.1, 0.15) is 37.9 Å². The molecule has 0 bridgehead atoms. The maximum Gasteiger partial charge on any atom is 0.340 e. The van der Waals surface area contributed by atoms with Crippen LogP contribution in [-0.2, 0) is 4.74 Å². The molecule has 0 fully saturated rings. The van der Waals surface area contributed by atoms with Gasteiger partial charge in [-0.05, 0) is 12.1 Å². The molecule has 0 saturated carbocycles. The highest BCUT2D eigenvalue weighted by atomic mass is 16.5. The van der Waals surface area contributed by atoms with E-state index in [1.807, 2.05) is 0 Å². The van der Waals surface area contributed by atoms with Crippen LogP contribution in [0, 0.1) is 22.7 Å². The number of pyridine rings is 1. The second kappa shape index (κ2) is 9.81. The molecule has 3 N–H and O–H groups in total. The zero-order valence-electron chi connectivity index (χ0n) is 17.3. The van der Waals surface area contributed by atoms with Crippen LogP contribution < -0.4 is 11.3 Å². The smallest absolute Gasteiger partial charge is 0.340 e. The number of aromatic amines is 1. The summed E-state index contributed by atoms with van der Waals surface area (Å²) in [4.78, 5) is 40.0. The number of ether oxygens (including phenoxy) is 1. The summed E-state index contributed by atoms with van der Waals surface area (Å²) in [5, 5.41) is 26.7. The van der Waals surface area contributed by atoms with Gasteiger partial charge in [-0.15, -0.1) is 10.2 Å². The number of anilines is 1. The molecule has 0 aliphatic carbocycles. The monoisotopic (exact) mass is 440 g/mol. The van der Waals surface area contributed by atoms with Gasteiger partial charge in [-0.25, -0.2) is 4.79 Å². The molecular formula is C23H16N6O4. The molecule has 33 heavy (non-hydrogen) atoms. The molecule has 3 rings (SSSR count). The van der Waals surface area contributed by atoms with Crippen molar-refractivity contribution >= 4 is 28.8 Å². The summed E-state index contributed by atoms with van der Waals surface area (Å²) < 4.78 is 4.72. The van der Waals surface area contributed by atoms with Crippen molar-refractivity contribution in [2.45, 2.75) is 5.92 Å². The van der Waals surface area contributed by atoms with Crippen LogP contribution in [0.5, 0.6) is 0 Å². The van der Waals surface area contributed by atoms with Gasteiger partial charge in [-0.2, -0.15) is 10.5 Å². The largest absolute Gasteiger partial charge is 0.465 e. The highest BCUT2D eigenvalue weighted by Gasteiger charge is 2.26. The van der Waals surface area contributed by atoms with Crippen molar-refractivity contribution in [2.24, 2.45) is 10.2 Å². The summed E-state index contributed by atoms with van der Waals surface area (Å²) in [7, 11) is 1.21. The highest BCUT2D eigenvalue weighted by molar-refractivity contribution is 6.13. The highest BCUT2D eigenvalue weighted by Crippen LogP contribution is 2.34. The Balaban J connectivity index is 2.23. The predicted octanol–water partition coefficient (Wildman–Crippen LogP) is 3.52. The number of nitriles is 2. The van der Waals surface area contributed by atoms with Gasteiger partial charge in [0.2, 0.25) is 5.78 Å². The Morgan fingerprint density at radius 1 is 1.03 bits per heavy atom. The maximum atomic E-state index is 13.0. The first-order valence-corrected chi connectivity index (χ1v) is 9.46. The Hall–Kier alpha value is -5.09. The number of nitrogens with one attached hydrogen (secondary N) is 1. The molecule has 2 aromatic carbocycles. The Morgan fingerprint density at radius 2 is 1.67 bits per heavy atom. The summed E-state index contributed by atoms with van der Waals surface area (Å²) in [5.74, 6) is -2.77. The molecule has 0 aliphatic heterocycles. The van der Waals surface area contributed by atoms with Gasteiger partial charge in [0.15, 0.2) is 5.92 Å². The Labute approximate surface area is 187 Å². The van der Waals surface area contributed by atoms with Crippen molar-refractivity contribution in [2.75, 3.05) is 12.8 Å². The fraction of sp³-hybridized carbons (Fsp3) is 0.0870. The van der Waals surface area contributed by atoms with E-state index in [9.17, 15) is 24.9 Å². The number of nitrogen functional groups attached to an aromatic ring is 1. The number of H-pyrrole nitrogens is 1. The first-order valence-electron chi connectivity index (χ1n) is 9.46. The standard InChI is InChI=1S/C23H16N6O4/c1-33-23(32)15-9-5-6-10-16(15)28-29-20-18(26)17(21(30)13-7-3-2-4-8-13)22(31)27-19(20)14(11-24)12-25/h2-10,14H,1H3,(H3,26,27,31). The molecule has 3 aromatic rings. The lowest BCUT2D eigenvalue weighted by Gasteiger charge is -2.12. The van der Waals surface area contributed by atoms with Crippen molar-refractivity contribution < 1.29 is 14.3 Å². The Morgan fingerprint density at radius 3 is 2.30 bits per heavy atom. The number of nitrogens with zero attached hydrogens (tertiary/aromatic N) is 4. The molecule has 10 nitrogen and oxygen atoms in total. The minimum Gasteiger partial charge on any atom is -0.465 e. The van der Waals surface area contributed by atoms with Gasteiger partial charge in [0, 0.05) is 5.56 Å². The molecule has 10 heteroatoms. The summed E-state index contributed by atoms with van der Waals surface area (Å²) in [6, 6.07) is 17.6. The van der Waals surface area contributed by atoms with Gasteiger partial charge in [-0.3, -0.25) is 9.59 Å². The van der Waals surface area contributed by atoms with Crippen molar-refractivity contribution in [3.8, 4) is 12.1 Å². The van der Waals surface area contributed by atoms with Crippen molar-refractivity contribution in [3.63, 3.8) is 0 Å². The topological polar surface area (TPSA) is 175 Å². The average Bonchev–Trinajstić information content (AvgIpc) is 2.84. The fourth-order valence-corrected chi connectivity index (χ4v) is 3.01. The number of carbonyl (C=O) groups excluding carboxylic acids is 2. The van der Waals surface area contributed by atoms with Crippen LogP contribution in [0.2, 0.25) is 0 Å². The van der Waals surface area contributed by atoms with Crippen LogP contribution in [0.15, 0.2) is 69.6 Å². The molecule has 0 radical (unpaired) electrons. The van der Waals surface area contributed by atoms with E-state index in [1.54, 1.807) is 42.5 Å². The number of hydrogen-bond donors (Lipinski definition) is 2. The summed E-state index contributed by atoms with van der Waals surface area (Å²) in [6.07, 6.45) is 0. The van der Waals surface area contributed by atoms with Gasteiger partial charge in [0.05, 0.1) is 36.2 Å². The number of aromatic nitrogens is 1. The number of nitrogens with two attached hydrogens (primary N) is 1. The van der Waals surface area contributed by atoms with E-state index in [2.05, 4.69) is 15.2 Å². The zero-order valence-corrected chi connectivity index (χ0v) is 17.3. The van der Waals surface area contributed by atoms with Crippen LogP contribution in [0.3, 0.4) is 0 Å². The minimum absolute atomic E-state index is 0.103. The van der Waals surface area contributed by atoms with E-state index < -0.39 is 28.8 Å². The zero-order chi connectivity index (χ0) is 24.0. The third-order valence-corrected chi connectivity index (χ3v) is 4.63. The maximum absolute atomic E-state index is 13.0. The van der Waals surface area contributed by atoms with Crippen LogP contribution >= 0.6 is 0 Å². The summed E-state index contributed by atoms with van der Waals surface area (Å²) in [6.45, 7) is 0. The van der Waals surface area contributed by atoms with E-state index >= 15 is 0 Å². The normalized spacial score (nSPS) is 10.5. The molecular weight excluding hydrogens is 424 g/mol. The number of rotatable bonds is 6. The molecule has 0 spiro atoms. The third kappa shape index (κ3) is 4.50. The van der Waals surface area contributed by atoms with Gasteiger partial charge in [0.1, 0.15) is 16.9 Å². The van der Waals surface area contributed by atoms with E-state index in [-0.39, 0.29) is 33.9 Å². The first kappa shape index (κ1) is 22.6. The number of methoxy groups -OCH3 is 1. The number of benzene rings is 2. The summed E-state index contributed by atoms with van der Waals surface area (Å²) in [5.41, 5.74) is 4.49. The van der Waals surface area contributed by atoms with Gasteiger partial charge in [0.25, 0.3) is 5.56 Å². The van der Waals surface area contributed by atoms with Crippen molar-refractivity contribution in [1.29, 1.82) is 10.5 Å². The molecule has 162 valence electrons. The van der Waals surface area contributed by atoms with E-state index in [0.29, 0.717) is 0 Å². The molecule has 0 atom stereocenters. The minimum atomic E-state index is -1.44. The average molecular weight is 440 g/mol. The number of carbonyl (C=O) groups is 2. The molecule has 0 amide bonds. The van der Waals surface area contributed by atoms with Gasteiger partial charge >= 0.3 is 5.97 Å². The molecule has 0 aliphatic rings. The Kier molecular flexibility index (Phi) is 6.72. The van der Waals surface area contributed by atoms with Crippen LogP contribution in [0.25, 0.3) is 0 Å². The third-order valence-electron chi connectivity index (χ3n) is 4.63.